The molecule has 1 aromatic heterocycles. The number of amides is 3. The predicted octanol–water partition coefficient (Wildman–Crippen LogP) is 0.0158. The van der Waals surface area contributed by atoms with Crippen molar-refractivity contribution in [3.8, 4) is 0 Å². The van der Waals surface area contributed by atoms with Crippen molar-refractivity contribution in [1.82, 2.24) is 15.2 Å². The van der Waals surface area contributed by atoms with E-state index in [-0.39, 0.29) is 12.1 Å². The first kappa shape index (κ1) is 17.4. The van der Waals surface area contributed by atoms with E-state index < -0.39 is 30.1 Å². The van der Waals surface area contributed by atoms with E-state index in [0.717, 1.165) is 4.57 Å². The Morgan fingerprint density at radius 2 is 1.91 bits per heavy atom. The minimum absolute atomic E-state index is 0.304. The summed E-state index contributed by atoms with van der Waals surface area (Å²) in [5, 5.41) is 4.56. The third-order valence-corrected chi connectivity index (χ3v) is 2.30. The highest BCUT2D eigenvalue weighted by Gasteiger charge is 2.16. The van der Waals surface area contributed by atoms with E-state index in [9.17, 15) is 19.2 Å². The van der Waals surface area contributed by atoms with Crippen LogP contribution < -0.4 is 16.2 Å². The van der Waals surface area contributed by atoms with Gasteiger partial charge in [0.2, 0.25) is 0 Å². The van der Waals surface area contributed by atoms with Crippen molar-refractivity contribution in [2.75, 3.05) is 6.61 Å². The highest BCUT2D eigenvalue weighted by molar-refractivity contribution is 5.95. The molecule has 0 saturated heterocycles. The molecule has 2 N–H and O–H groups in total. The molecule has 8 heteroatoms. The Balaban J connectivity index is 2.38. The Kier molecular flexibility index (Phi) is 5.85. The SMILES string of the molecule is CC(C)(C)NC(=O)NC(=O)COC(=O)Cn1ccccc1=O. The normalized spacial score (nSPS) is 10.7. The van der Waals surface area contributed by atoms with Crippen molar-refractivity contribution < 1.29 is 19.1 Å². The van der Waals surface area contributed by atoms with Crippen molar-refractivity contribution in [2.45, 2.75) is 32.9 Å². The second-order valence-corrected chi connectivity index (χ2v) is 5.58. The second kappa shape index (κ2) is 7.39. The summed E-state index contributed by atoms with van der Waals surface area (Å²) in [6.45, 7) is 4.37. The van der Waals surface area contributed by atoms with Crippen LogP contribution in [0.4, 0.5) is 4.79 Å². The van der Waals surface area contributed by atoms with Gasteiger partial charge in [-0.2, -0.15) is 0 Å². The molecule has 0 unspecified atom stereocenters. The minimum atomic E-state index is -0.754. The first-order valence-corrected chi connectivity index (χ1v) is 6.60. The standard InChI is InChI=1S/C14H19N3O5/c1-14(2,3)16-13(21)15-10(18)9-22-12(20)8-17-7-5-4-6-11(17)19/h4-7H,8-9H2,1-3H3,(H2,15,16,18,21). The molecule has 22 heavy (non-hydrogen) atoms. The first-order chi connectivity index (χ1) is 10.2. The van der Waals surface area contributed by atoms with E-state index in [1.54, 1.807) is 32.9 Å². The molecule has 1 rings (SSSR count). The fourth-order valence-electron chi connectivity index (χ4n) is 1.46. The van der Waals surface area contributed by atoms with Gasteiger partial charge in [-0.05, 0) is 26.8 Å². The molecule has 0 radical (unpaired) electrons. The summed E-state index contributed by atoms with van der Waals surface area (Å²) in [6.07, 6.45) is 1.43. The van der Waals surface area contributed by atoms with E-state index >= 15 is 0 Å². The summed E-state index contributed by atoms with van der Waals surface area (Å²) in [4.78, 5) is 45.8. The molecule has 0 aliphatic rings. The molecule has 0 fully saturated rings. The van der Waals surface area contributed by atoms with Gasteiger partial charge in [-0.15, -0.1) is 0 Å². The van der Waals surface area contributed by atoms with E-state index in [0.29, 0.717) is 0 Å². The predicted molar refractivity (Wildman–Crippen MR) is 78.1 cm³/mol. The Bertz CT molecular complexity index is 615. The fraction of sp³-hybridized carbons (Fsp3) is 0.429. The minimum Gasteiger partial charge on any atom is -0.454 e. The van der Waals surface area contributed by atoms with Gasteiger partial charge >= 0.3 is 12.0 Å². The number of carbonyl (C=O) groups excluding carboxylic acids is 3. The Morgan fingerprint density at radius 1 is 1.23 bits per heavy atom. The van der Waals surface area contributed by atoms with Crippen molar-refractivity contribution in [1.29, 1.82) is 0 Å². The van der Waals surface area contributed by atoms with Crippen LogP contribution in [0.3, 0.4) is 0 Å². The van der Waals surface area contributed by atoms with Gasteiger partial charge in [-0.3, -0.25) is 19.7 Å². The summed E-state index contributed by atoms with van der Waals surface area (Å²) < 4.78 is 5.85. The van der Waals surface area contributed by atoms with E-state index in [1.807, 2.05) is 5.32 Å². The largest absolute Gasteiger partial charge is 0.454 e. The molecule has 120 valence electrons. The fourth-order valence-corrected chi connectivity index (χ4v) is 1.46. The number of rotatable bonds is 4. The van der Waals surface area contributed by atoms with Crippen LogP contribution in [0, 0.1) is 0 Å². The lowest BCUT2D eigenvalue weighted by atomic mass is 10.1. The van der Waals surface area contributed by atoms with Gasteiger partial charge in [0.05, 0.1) is 0 Å². The van der Waals surface area contributed by atoms with Crippen LogP contribution in [0.15, 0.2) is 29.2 Å². The van der Waals surface area contributed by atoms with Gasteiger partial charge in [-0.25, -0.2) is 4.79 Å². The van der Waals surface area contributed by atoms with Crippen LogP contribution in [-0.4, -0.2) is 34.6 Å². The highest BCUT2D eigenvalue weighted by atomic mass is 16.5. The summed E-state index contributed by atoms with van der Waals surface area (Å²) in [5.41, 5.74) is -0.844. The van der Waals surface area contributed by atoms with Gasteiger partial charge in [-0.1, -0.05) is 6.07 Å². The number of hydrogen-bond acceptors (Lipinski definition) is 5. The van der Waals surface area contributed by atoms with E-state index in [2.05, 4.69) is 5.32 Å². The topological polar surface area (TPSA) is 106 Å². The molecule has 0 spiro atoms. The Labute approximate surface area is 127 Å². The quantitative estimate of drug-likeness (QED) is 0.762. The molecule has 8 nitrogen and oxygen atoms in total. The van der Waals surface area contributed by atoms with Gasteiger partial charge < -0.3 is 14.6 Å². The molecule has 0 aromatic carbocycles. The Hall–Kier alpha value is -2.64. The molecule has 0 aliphatic heterocycles. The zero-order chi connectivity index (χ0) is 16.8. The van der Waals surface area contributed by atoms with Crippen molar-refractivity contribution in [3.63, 3.8) is 0 Å². The zero-order valence-corrected chi connectivity index (χ0v) is 12.7. The van der Waals surface area contributed by atoms with Crippen molar-refractivity contribution >= 4 is 17.9 Å². The lowest BCUT2D eigenvalue weighted by molar-refractivity contribution is -0.148. The molecule has 0 bridgehead atoms. The van der Waals surface area contributed by atoms with Crippen LogP contribution in [0.25, 0.3) is 0 Å². The number of aromatic nitrogens is 1. The molecule has 0 atom stereocenters. The van der Waals surface area contributed by atoms with Crippen LogP contribution in [0.2, 0.25) is 0 Å². The third kappa shape index (κ3) is 6.69. The monoisotopic (exact) mass is 309 g/mol. The van der Waals surface area contributed by atoms with Crippen LogP contribution in [0.1, 0.15) is 20.8 Å². The van der Waals surface area contributed by atoms with Crippen LogP contribution in [0.5, 0.6) is 0 Å². The molecular formula is C14H19N3O5. The summed E-state index contributed by atoms with van der Waals surface area (Å²) in [5.74, 6) is -1.50. The van der Waals surface area contributed by atoms with E-state index in [4.69, 9.17) is 4.74 Å². The molecule has 0 aliphatic carbocycles. The van der Waals surface area contributed by atoms with Crippen LogP contribution >= 0.6 is 0 Å². The molecule has 1 aromatic rings. The summed E-state index contributed by atoms with van der Waals surface area (Å²) >= 11 is 0. The summed E-state index contributed by atoms with van der Waals surface area (Å²) in [6, 6.07) is 3.77. The van der Waals surface area contributed by atoms with Gasteiger partial charge in [0, 0.05) is 17.8 Å². The van der Waals surface area contributed by atoms with E-state index in [1.165, 1.54) is 12.3 Å². The number of pyridine rings is 1. The van der Waals surface area contributed by atoms with Gasteiger partial charge in [0.25, 0.3) is 11.5 Å². The third-order valence-electron chi connectivity index (χ3n) is 2.30. The molecule has 1 heterocycles. The van der Waals surface area contributed by atoms with Gasteiger partial charge in [0.1, 0.15) is 6.54 Å². The lowest BCUT2D eigenvalue weighted by Gasteiger charge is -2.20. The highest BCUT2D eigenvalue weighted by Crippen LogP contribution is 1.97. The number of imide groups is 1. The number of nitrogens with zero attached hydrogens (tertiary/aromatic N) is 1. The molecule has 3 amide bonds. The zero-order valence-electron chi connectivity index (χ0n) is 12.7. The maximum atomic E-state index is 11.5. The molecular weight excluding hydrogens is 290 g/mol. The number of urea groups is 1. The number of hydrogen-bond donors (Lipinski definition) is 2. The average molecular weight is 309 g/mol. The van der Waals surface area contributed by atoms with Crippen LogP contribution in [-0.2, 0) is 20.9 Å². The molecule has 0 saturated carbocycles. The van der Waals surface area contributed by atoms with Crippen molar-refractivity contribution in [3.05, 3.63) is 34.7 Å². The average Bonchev–Trinajstić information content (AvgIpc) is 2.37. The maximum absolute atomic E-state index is 11.5. The number of esters is 1. The summed E-state index contributed by atoms with van der Waals surface area (Å²) in [7, 11) is 0. The first-order valence-electron chi connectivity index (χ1n) is 6.60. The van der Waals surface area contributed by atoms with Crippen molar-refractivity contribution in [2.24, 2.45) is 0 Å². The number of ether oxygens (including phenoxy) is 1. The van der Waals surface area contributed by atoms with Gasteiger partial charge in [0.15, 0.2) is 6.61 Å². The number of nitrogens with one attached hydrogen (secondary N) is 2. The smallest absolute Gasteiger partial charge is 0.326 e. The Morgan fingerprint density at radius 3 is 2.50 bits per heavy atom. The number of carbonyl (C=O) groups is 3. The maximum Gasteiger partial charge on any atom is 0.326 e. The second-order valence-electron chi connectivity index (χ2n) is 5.58. The lowest BCUT2D eigenvalue weighted by Crippen LogP contribution is -2.49.